The summed E-state index contributed by atoms with van der Waals surface area (Å²) in [6, 6.07) is 9.99. The number of hydrogen-bond acceptors (Lipinski definition) is 4. The van der Waals surface area contributed by atoms with Crippen molar-refractivity contribution >= 4 is 17.5 Å². The molecule has 2 rings (SSSR count). The molecule has 0 spiro atoms. The number of hydrogen-bond donors (Lipinski definition) is 1. The highest BCUT2D eigenvalue weighted by Crippen LogP contribution is 2.15. The van der Waals surface area contributed by atoms with E-state index in [0.717, 1.165) is 18.7 Å². The lowest BCUT2D eigenvalue weighted by atomic mass is 10.1. The molecule has 1 aliphatic heterocycles. The number of nitrogens with two attached hydrogens (primary N) is 1. The van der Waals surface area contributed by atoms with E-state index in [2.05, 4.69) is 21.9 Å². The van der Waals surface area contributed by atoms with Gasteiger partial charge in [0.15, 0.2) is 0 Å². The van der Waals surface area contributed by atoms with Crippen molar-refractivity contribution in [2.75, 3.05) is 38.1 Å². The second kappa shape index (κ2) is 8.85. The van der Waals surface area contributed by atoms with Crippen LogP contribution in [-0.2, 0) is 9.59 Å². The summed E-state index contributed by atoms with van der Waals surface area (Å²) in [6.45, 7) is 6.68. The second-order valence-corrected chi connectivity index (χ2v) is 6.95. The highest BCUT2D eigenvalue weighted by atomic mass is 16.2. The summed E-state index contributed by atoms with van der Waals surface area (Å²) in [5.41, 5.74) is 6.68. The van der Waals surface area contributed by atoms with Gasteiger partial charge >= 0.3 is 0 Å². The van der Waals surface area contributed by atoms with E-state index < -0.39 is 0 Å². The molecule has 0 radical (unpaired) electrons. The lowest BCUT2D eigenvalue weighted by molar-refractivity contribution is -0.138. The number of rotatable bonds is 7. The molecule has 6 nitrogen and oxygen atoms in total. The molecule has 0 bridgehead atoms. The van der Waals surface area contributed by atoms with Gasteiger partial charge in [0.05, 0.1) is 0 Å². The van der Waals surface area contributed by atoms with E-state index in [1.165, 1.54) is 0 Å². The molecule has 0 aliphatic carbocycles. The fraction of sp³-hybridized carbons (Fsp3) is 0.579. The molecular weight excluding hydrogens is 316 g/mol. The van der Waals surface area contributed by atoms with Gasteiger partial charge < -0.3 is 15.5 Å². The number of para-hydroxylation sites is 1. The summed E-state index contributed by atoms with van der Waals surface area (Å²) in [5.74, 6) is -0.244. The molecule has 1 aliphatic rings. The number of benzene rings is 1. The van der Waals surface area contributed by atoms with Crippen molar-refractivity contribution in [2.45, 2.75) is 38.8 Å². The zero-order chi connectivity index (χ0) is 18.4. The lowest BCUT2D eigenvalue weighted by Crippen LogP contribution is -2.61. The van der Waals surface area contributed by atoms with Crippen molar-refractivity contribution in [1.29, 1.82) is 0 Å². The Morgan fingerprint density at radius 1 is 1.24 bits per heavy atom. The summed E-state index contributed by atoms with van der Waals surface area (Å²) in [6.07, 6.45) is 1.28. The molecule has 0 unspecified atom stereocenters. The summed E-state index contributed by atoms with van der Waals surface area (Å²) in [4.78, 5) is 30.2. The summed E-state index contributed by atoms with van der Waals surface area (Å²) >= 11 is 0. The van der Waals surface area contributed by atoms with Gasteiger partial charge in [-0.25, -0.2) is 0 Å². The lowest BCUT2D eigenvalue weighted by Gasteiger charge is -2.42. The molecule has 1 atom stereocenters. The van der Waals surface area contributed by atoms with Gasteiger partial charge in [0.1, 0.15) is 6.04 Å². The largest absolute Gasteiger partial charge is 0.375 e. The van der Waals surface area contributed by atoms with Crippen LogP contribution in [-0.4, -0.2) is 66.9 Å². The monoisotopic (exact) mass is 346 g/mol. The van der Waals surface area contributed by atoms with Gasteiger partial charge in [-0.3, -0.25) is 14.5 Å². The standard InChI is InChI=1S/C19H30N4O2/c1-15(2)23-13-12-22(14-17(23)19(20)25)18(24)10-7-11-21(3)16-8-5-4-6-9-16/h4-6,8-9,15,17H,7,10-14H2,1-3H3,(H2,20,25)/t17-/m1/s1. The van der Waals surface area contributed by atoms with Crippen molar-refractivity contribution in [2.24, 2.45) is 5.73 Å². The van der Waals surface area contributed by atoms with Crippen LogP contribution in [0.3, 0.4) is 0 Å². The van der Waals surface area contributed by atoms with E-state index >= 15 is 0 Å². The maximum Gasteiger partial charge on any atom is 0.236 e. The van der Waals surface area contributed by atoms with Gasteiger partial charge in [0.25, 0.3) is 0 Å². The van der Waals surface area contributed by atoms with Crippen LogP contribution >= 0.6 is 0 Å². The number of piperazine rings is 1. The van der Waals surface area contributed by atoms with Crippen LogP contribution < -0.4 is 10.6 Å². The van der Waals surface area contributed by atoms with E-state index in [1.54, 1.807) is 4.90 Å². The van der Waals surface area contributed by atoms with Gasteiger partial charge in [-0.2, -0.15) is 0 Å². The average Bonchev–Trinajstić information content (AvgIpc) is 2.61. The first-order chi connectivity index (χ1) is 11.9. The highest BCUT2D eigenvalue weighted by Gasteiger charge is 2.33. The highest BCUT2D eigenvalue weighted by molar-refractivity contribution is 5.82. The van der Waals surface area contributed by atoms with Gasteiger partial charge in [-0.15, -0.1) is 0 Å². The van der Waals surface area contributed by atoms with Crippen LogP contribution in [0.4, 0.5) is 5.69 Å². The van der Waals surface area contributed by atoms with Crippen molar-refractivity contribution in [1.82, 2.24) is 9.80 Å². The fourth-order valence-electron chi connectivity index (χ4n) is 3.33. The SMILES string of the molecule is CC(C)N1CCN(C(=O)CCCN(C)c2ccccc2)C[C@@H]1C(N)=O. The van der Waals surface area contributed by atoms with Gasteiger partial charge in [-0.05, 0) is 32.4 Å². The van der Waals surface area contributed by atoms with Crippen LogP contribution in [0.2, 0.25) is 0 Å². The van der Waals surface area contributed by atoms with E-state index in [-0.39, 0.29) is 23.9 Å². The minimum absolute atomic E-state index is 0.108. The third-order valence-electron chi connectivity index (χ3n) is 4.85. The number of nitrogens with zero attached hydrogens (tertiary/aromatic N) is 3. The van der Waals surface area contributed by atoms with Crippen LogP contribution in [0, 0.1) is 0 Å². The molecule has 2 N–H and O–H groups in total. The zero-order valence-corrected chi connectivity index (χ0v) is 15.5. The number of anilines is 1. The minimum Gasteiger partial charge on any atom is -0.375 e. The topological polar surface area (TPSA) is 69.9 Å². The molecule has 0 saturated carbocycles. The van der Waals surface area contributed by atoms with Crippen molar-refractivity contribution in [3.63, 3.8) is 0 Å². The summed E-state index contributed by atoms with van der Waals surface area (Å²) < 4.78 is 0. The Balaban J connectivity index is 1.82. The summed E-state index contributed by atoms with van der Waals surface area (Å²) in [7, 11) is 2.03. The van der Waals surface area contributed by atoms with Crippen molar-refractivity contribution < 1.29 is 9.59 Å². The van der Waals surface area contributed by atoms with Crippen molar-refractivity contribution in [3.05, 3.63) is 30.3 Å². The minimum atomic E-state index is -0.385. The van der Waals surface area contributed by atoms with E-state index in [9.17, 15) is 9.59 Å². The first-order valence-electron chi connectivity index (χ1n) is 8.99. The van der Waals surface area contributed by atoms with Crippen LogP contribution in [0.15, 0.2) is 30.3 Å². The predicted molar refractivity (Wildman–Crippen MR) is 100 cm³/mol. The average molecular weight is 346 g/mol. The summed E-state index contributed by atoms with van der Waals surface area (Å²) in [5, 5.41) is 0. The van der Waals surface area contributed by atoms with Crippen LogP contribution in [0.25, 0.3) is 0 Å². The molecule has 25 heavy (non-hydrogen) atoms. The molecule has 1 saturated heterocycles. The van der Waals surface area contributed by atoms with Gasteiger partial charge in [0.2, 0.25) is 11.8 Å². The third-order valence-corrected chi connectivity index (χ3v) is 4.85. The molecule has 2 amide bonds. The second-order valence-electron chi connectivity index (χ2n) is 6.95. The van der Waals surface area contributed by atoms with E-state index in [1.807, 2.05) is 39.1 Å². The van der Waals surface area contributed by atoms with Gasteiger partial charge in [-0.1, -0.05) is 18.2 Å². The van der Waals surface area contributed by atoms with Crippen LogP contribution in [0.1, 0.15) is 26.7 Å². The van der Waals surface area contributed by atoms with E-state index in [0.29, 0.717) is 26.1 Å². The first kappa shape index (κ1) is 19.2. The molecule has 1 aromatic rings. The maximum absolute atomic E-state index is 12.5. The first-order valence-corrected chi connectivity index (χ1v) is 8.99. The molecule has 1 aromatic carbocycles. The quantitative estimate of drug-likeness (QED) is 0.808. The number of carbonyl (C=O) groups excluding carboxylic acids is 2. The Morgan fingerprint density at radius 3 is 2.52 bits per heavy atom. The number of primary amides is 1. The molecular formula is C19H30N4O2. The zero-order valence-electron chi connectivity index (χ0n) is 15.5. The Labute approximate surface area is 150 Å². The van der Waals surface area contributed by atoms with Gasteiger partial charge in [0, 0.05) is 51.4 Å². The third kappa shape index (κ3) is 5.19. The molecule has 138 valence electrons. The molecule has 1 fully saturated rings. The Kier molecular flexibility index (Phi) is 6.82. The Hall–Kier alpha value is -2.08. The van der Waals surface area contributed by atoms with Crippen LogP contribution in [0.5, 0.6) is 0 Å². The fourth-order valence-corrected chi connectivity index (χ4v) is 3.33. The smallest absolute Gasteiger partial charge is 0.236 e. The van der Waals surface area contributed by atoms with E-state index in [4.69, 9.17) is 5.73 Å². The molecule has 6 heteroatoms. The number of carbonyl (C=O) groups is 2. The van der Waals surface area contributed by atoms with Crippen molar-refractivity contribution in [3.8, 4) is 0 Å². The normalized spacial score (nSPS) is 18.4. The predicted octanol–water partition coefficient (Wildman–Crippen LogP) is 1.31. The maximum atomic E-state index is 12.5. The Morgan fingerprint density at radius 2 is 1.92 bits per heavy atom. The molecule has 1 heterocycles. The number of amides is 2. The Bertz CT molecular complexity index is 576. The molecule has 0 aromatic heterocycles.